The van der Waals surface area contributed by atoms with Gasteiger partial charge in [-0.2, -0.15) is 5.10 Å². The molecule has 0 N–H and O–H groups in total. The zero-order valence-electron chi connectivity index (χ0n) is 12.7. The lowest BCUT2D eigenvalue weighted by Gasteiger charge is -2.42. The lowest BCUT2D eigenvalue weighted by atomic mass is 9.67. The molecule has 3 heteroatoms. The molecule has 0 spiro atoms. The molecule has 0 radical (unpaired) electrons. The van der Waals surface area contributed by atoms with Crippen molar-refractivity contribution in [2.75, 3.05) is 0 Å². The summed E-state index contributed by atoms with van der Waals surface area (Å²) in [6.07, 6.45) is 7.97. The molecule has 0 aliphatic heterocycles. The van der Waals surface area contributed by atoms with Crippen molar-refractivity contribution < 1.29 is 0 Å². The molecule has 2 rings (SSSR count). The third kappa shape index (κ3) is 3.53. The summed E-state index contributed by atoms with van der Waals surface area (Å²) in [5, 5.41) is 4.60. The molecule has 1 fully saturated rings. The molecule has 1 saturated carbocycles. The summed E-state index contributed by atoms with van der Waals surface area (Å²) in [4.78, 5) is 0. The highest BCUT2D eigenvalue weighted by atomic mass is 35.5. The summed E-state index contributed by atoms with van der Waals surface area (Å²) >= 11 is 6.64. The normalized spacial score (nSPS) is 28.6. The van der Waals surface area contributed by atoms with Crippen molar-refractivity contribution >= 4 is 11.6 Å². The molecule has 0 aromatic carbocycles. The highest BCUT2D eigenvalue weighted by molar-refractivity contribution is 6.20. The van der Waals surface area contributed by atoms with E-state index < -0.39 is 0 Å². The second kappa shape index (κ2) is 5.87. The highest BCUT2D eigenvalue weighted by Crippen LogP contribution is 2.45. The summed E-state index contributed by atoms with van der Waals surface area (Å²) < 4.78 is 1.98. The first-order valence-electron chi connectivity index (χ1n) is 7.51. The van der Waals surface area contributed by atoms with E-state index in [0.29, 0.717) is 16.7 Å². The van der Waals surface area contributed by atoms with Crippen LogP contribution in [0.25, 0.3) is 0 Å². The Morgan fingerprint density at radius 3 is 2.74 bits per heavy atom. The molecular weight excluding hydrogens is 256 g/mol. The lowest BCUT2D eigenvalue weighted by molar-refractivity contribution is 0.131. The monoisotopic (exact) mass is 282 g/mol. The Bertz CT molecular complexity index is 411. The van der Waals surface area contributed by atoms with Crippen LogP contribution in [0.1, 0.15) is 52.1 Å². The van der Waals surface area contributed by atoms with Crippen LogP contribution < -0.4 is 0 Å². The maximum absolute atomic E-state index is 6.64. The third-order valence-electron chi connectivity index (χ3n) is 4.99. The van der Waals surface area contributed by atoms with Crippen molar-refractivity contribution in [2.45, 2.75) is 58.3 Å². The summed E-state index contributed by atoms with van der Waals surface area (Å²) in [7, 11) is 2.02. The van der Waals surface area contributed by atoms with Crippen molar-refractivity contribution in [1.29, 1.82) is 0 Å². The van der Waals surface area contributed by atoms with Gasteiger partial charge in [-0.15, -0.1) is 11.6 Å². The first-order chi connectivity index (χ1) is 8.90. The maximum Gasteiger partial charge on any atom is 0.0492 e. The van der Waals surface area contributed by atoms with Gasteiger partial charge in [-0.3, -0.25) is 4.68 Å². The molecule has 3 unspecified atom stereocenters. The second-order valence-corrected chi connectivity index (χ2v) is 7.54. The van der Waals surface area contributed by atoms with E-state index in [0.717, 1.165) is 12.3 Å². The van der Waals surface area contributed by atoms with Gasteiger partial charge < -0.3 is 0 Å². The van der Waals surface area contributed by atoms with E-state index in [4.69, 9.17) is 11.6 Å². The van der Waals surface area contributed by atoms with Crippen LogP contribution in [0, 0.1) is 17.3 Å². The van der Waals surface area contributed by atoms with E-state index in [1.165, 1.54) is 31.4 Å². The van der Waals surface area contributed by atoms with E-state index in [1.807, 2.05) is 17.9 Å². The number of halogens is 1. The van der Waals surface area contributed by atoms with Gasteiger partial charge in [-0.25, -0.2) is 0 Å². The molecule has 0 saturated heterocycles. The zero-order chi connectivity index (χ0) is 14.0. The van der Waals surface area contributed by atoms with Gasteiger partial charge in [0, 0.05) is 24.3 Å². The van der Waals surface area contributed by atoms with Crippen LogP contribution in [-0.4, -0.2) is 15.2 Å². The Balaban J connectivity index is 1.96. The van der Waals surface area contributed by atoms with Crippen LogP contribution in [-0.2, 0) is 13.5 Å². The van der Waals surface area contributed by atoms with Crippen molar-refractivity contribution in [1.82, 2.24) is 9.78 Å². The van der Waals surface area contributed by atoms with Gasteiger partial charge in [0.25, 0.3) is 0 Å². The molecule has 2 nitrogen and oxygen atoms in total. The van der Waals surface area contributed by atoms with Crippen molar-refractivity contribution in [2.24, 2.45) is 24.3 Å². The fraction of sp³-hybridized carbons (Fsp3) is 0.812. The van der Waals surface area contributed by atoms with Crippen molar-refractivity contribution in [3.8, 4) is 0 Å². The number of rotatable bonds is 4. The molecule has 0 bridgehead atoms. The molecule has 1 aromatic heterocycles. The van der Waals surface area contributed by atoms with Crippen molar-refractivity contribution in [3.05, 3.63) is 18.0 Å². The Kier molecular flexibility index (Phi) is 4.60. The largest absolute Gasteiger partial charge is 0.273 e. The van der Waals surface area contributed by atoms with Crippen LogP contribution in [0.3, 0.4) is 0 Å². The van der Waals surface area contributed by atoms with Crippen molar-refractivity contribution in [3.63, 3.8) is 0 Å². The molecule has 19 heavy (non-hydrogen) atoms. The zero-order valence-corrected chi connectivity index (χ0v) is 13.5. The Labute approximate surface area is 122 Å². The SMILES string of the molecule is CC1CCC(C(C)(C)CCc2ccnn2C)C(Cl)C1. The lowest BCUT2D eigenvalue weighted by Crippen LogP contribution is -2.36. The minimum Gasteiger partial charge on any atom is -0.273 e. The maximum atomic E-state index is 6.64. The summed E-state index contributed by atoms with van der Waals surface area (Å²) in [5.74, 6) is 1.45. The van der Waals surface area contributed by atoms with Gasteiger partial charge in [0.05, 0.1) is 0 Å². The predicted molar refractivity (Wildman–Crippen MR) is 81.5 cm³/mol. The van der Waals surface area contributed by atoms with Gasteiger partial charge in [0.1, 0.15) is 0 Å². The minimum absolute atomic E-state index is 0.316. The predicted octanol–water partition coefficient (Wildman–Crippen LogP) is 4.42. The summed E-state index contributed by atoms with van der Waals surface area (Å²) in [6.45, 7) is 7.10. The fourth-order valence-electron chi connectivity index (χ4n) is 3.47. The quantitative estimate of drug-likeness (QED) is 0.748. The van der Waals surface area contributed by atoms with Gasteiger partial charge in [0.2, 0.25) is 0 Å². The Morgan fingerprint density at radius 2 is 2.16 bits per heavy atom. The third-order valence-corrected chi connectivity index (χ3v) is 5.47. The number of alkyl halides is 1. The van der Waals surface area contributed by atoms with E-state index in [2.05, 4.69) is 31.9 Å². The first-order valence-corrected chi connectivity index (χ1v) is 7.95. The molecule has 1 aliphatic rings. The Hall–Kier alpha value is -0.500. The number of aryl methyl sites for hydroxylation is 2. The average molecular weight is 283 g/mol. The van der Waals surface area contributed by atoms with Crippen LogP contribution in [0.4, 0.5) is 0 Å². The number of nitrogens with zero attached hydrogens (tertiary/aromatic N) is 2. The van der Waals surface area contributed by atoms with Gasteiger partial charge in [-0.05, 0) is 49.0 Å². The topological polar surface area (TPSA) is 17.8 Å². The molecule has 3 atom stereocenters. The molecule has 1 aromatic rings. The van der Waals surface area contributed by atoms with E-state index in [9.17, 15) is 0 Å². The number of aromatic nitrogens is 2. The smallest absolute Gasteiger partial charge is 0.0492 e. The summed E-state index contributed by atoms with van der Waals surface area (Å²) in [6, 6.07) is 2.12. The summed E-state index contributed by atoms with van der Waals surface area (Å²) in [5.41, 5.74) is 1.64. The molecule has 0 amide bonds. The minimum atomic E-state index is 0.316. The van der Waals surface area contributed by atoms with Gasteiger partial charge in [0.15, 0.2) is 0 Å². The molecule has 1 heterocycles. The number of hydrogen-bond donors (Lipinski definition) is 0. The fourth-order valence-corrected chi connectivity index (χ4v) is 4.25. The van der Waals surface area contributed by atoms with Crippen LogP contribution in [0.2, 0.25) is 0 Å². The van der Waals surface area contributed by atoms with E-state index >= 15 is 0 Å². The second-order valence-electron chi connectivity index (χ2n) is 6.98. The standard InChI is InChI=1S/C16H27ClN2/c1-12-5-6-14(15(17)11-12)16(2,3)9-7-13-8-10-18-19(13)4/h8,10,12,14-15H,5-7,9,11H2,1-4H3. The average Bonchev–Trinajstić information content (AvgIpc) is 2.72. The number of hydrogen-bond acceptors (Lipinski definition) is 1. The molecule has 108 valence electrons. The van der Waals surface area contributed by atoms with E-state index in [1.54, 1.807) is 0 Å². The molecule has 1 aliphatic carbocycles. The molecular formula is C16H27ClN2. The van der Waals surface area contributed by atoms with Crippen LogP contribution in [0.5, 0.6) is 0 Å². The van der Waals surface area contributed by atoms with Gasteiger partial charge >= 0.3 is 0 Å². The van der Waals surface area contributed by atoms with Crippen LogP contribution >= 0.6 is 11.6 Å². The van der Waals surface area contributed by atoms with Gasteiger partial charge in [-0.1, -0.05) is 27.2 Å². The highest BCUT2D eigenvalue weighted by Gasteiger charge is 2.37. The van der Waals surface area contributed by atoms with E-state index in [-0.39, 0.29) is 0 Å². The van der Waals surface area contributed by atoms with Crippen LogP contribution in [0.15, 0.2) is 12.3 Å². The Morgan fingerprint density at radius 1 is 1.42 bits per heavy atom. The first kappa shape index (κ1) is 14.9.